The number of benzene rings is 2. The summed E-state index contributed by atoms with van der Waals surface area (Å²) in [5, 5.41) is 3.00. The summed E-state index contributed by atoms with van der Waals surface area (Å²) in [5.74, 6) is -0.325. The maximum absolute atomic E-state index is 12.2. The molecule has 0 heterocycles. The summed E-state index contributed by atoms with van der Waals surface area (Å²) in [6.07, 6.45) is -0.130. The molecule has 0 aliphatic carbocycles. The molecule has 0 aliphatic heterocycles. The molecule has 2 aromatic carbocycles. The fourth-order valence-electron chi connectivity index (χ4n) is 2.23. The van der Waals surface area contributed by atoms with Gasteiger partial charge in [0.1, 0.15) is 19.0 Å². The van der Waals surface area contributed by atoms with Crippen LogP contribution in [-0.2, 0) is 24.3 Å². The lowest BCUT2D eigenvalue weighted by atomic mass is 10.3. The fourth-order valence-corrected chi connectivity index (χ4v) is 3.45. The molecule has 0 saturated heterocycles. The number of hydrogen-bond acceptors (Lipinski definition) is 6. The molecule has 0 aliphatic rings. The summed E-state index contributed by atoms with van der Waals surface area (Å²) in [6, 6.07) is 12.6. The Morgan fingerprint density at radius 1 is 1.03 bits per heavy atom. The first-order valence-corrected chi connectivity index (χ1v) is 10.5. The summed E-state index contributed by atoms with van der Waals surface area (Å²) in [7, 11) is -3.78. The molecule has 0 saturated carbocycles. The average molecular weight is 441 g/mol. The number of hydrogen-bond donors (Lipinski definition) is 2. The highest BCUT2D eigenvalue weighted by Crippen LogP contribution is 2.22. The van der Waals surface area contributed by atoms with Crippen LogP contribution in [-0.4, -0.2) is 40.1 Å². The molecule has 10 heteroatoms. The first kappa shape index (κ1) is 22.7. The van der Waals surface area contributed by atoms with Gasteiger partial charge < -0.3 is 14.8 Å². The number of amides is 1. The molecular formula is C19H21ClN2O6S. The number of rotatable bonds is 10. The van der Waals surface area contributed by atoms with Crippen LogP contribution in [0.2, 0.25) is 5.02 Å². The first-order valence-electron chi connectivity index (χ1n) is 8.68. The van der Waals surface area contributed by atoms with Gasteiger partial charge in [0.15, 0.2) is 0 Å². The molecule has 8 nitrogen and oxygen atoms in total. The predicted octanol–water partition coefficient (Wildman–Crippen LogP) is 2.59. The second kappa shape index (κ2) is 10.8. The maximum atomic E-state index is 12.2. The van der Waals surface area contributed by atoms with Crippen LogP contribution in [0.5, 0.6) is 5.75 Å². The lowest BCUT2D eigenvalue weighted by Gasteiger charge is -2.09. The normalized spacial score (nSPS) is 11.0. The van der Waals surface area contributed by atoms with E-state index in [2.05, 4.69) is 10.0 Å². The van der Waals surface area contributed by atoms with E-state index in [1.54, 1.807) is 24.3 Å². The van der Waals surface area contributed by atoms with Crippen molar-refractivity contribution in [3.05, 3.63) is 53.6 Å². The molecule has 2 aromatic rings. The molecule has 0 radical (unpaired) electrons. The van der Waals surface area contributed by atoms with Crippen LogP contribution < -0.4 is 14.8 Å². The average Bonchev–Trinajstić information content (AvgIpc) is 2.66. The van der Waals surface area contributed by atoms with E-state index in [1.807, 2.05) is 0 Å². The SMILES string of the molecule is CC(=O)Nc1ccc(S(=O)(=O)NCCC(=O)OCCOc2ccccc2Cl)cc1. The van der Waals surface area contributed by atoms with E-state index in [-0.39, 0.29) is 37.0 Å². The molecule has 2 N–H and O–H groups in total. The van der Waals surface area contributed by atoms with Gasteiger partial charge in [0.25, 0.3) is 0 Å². The second-order valence-electron chi connectivity index (χ2n) is 5.85. The highest BCUT2D eigenvalue weighted by molar-refractivity contribution is 7.89. The van der Waals surface area contributed by atoms with Gasteiger partial charge in [-0.15, -0.1) is 0 Å². The predicted molar refractivity (Wildman–Crippen MR) is 108 cm³/mol. The Bertz CT molecular complexity index is 947. The molecule has 29 heavy (non-hydrogen) atoms. The van der Waals surface area contributed by atoms with Crippen molar-refractivity contribution in [1.29, 1.82) is 0 Å². The Labute approximate surface area is 174 Å². The van der Waals surface area contributed by atoms with Crippen molar-refractivity contribution in [2.45, 2.75) is 18.2 Å². The maximum Gasteiger partial charge on any atom is 0.307 e. The van der Waals surface area contributed by atoms with Crippen LogP contribution in [0.1, 0.15) is 13.3 Å². The van der Waals surface area contributed by atoms with E-state index in [0.29, 0.717) is 16.5 Å². The fraction of sp³-hybridized carbons (Fsp3) is 0.263. The topological polar surface area (TPSA) is 111 Å². The number of halogens is 1. The Kier molecular flexibility index (Phi) is 8.44. The Hall–Kier alpha value is -2.62. The van der Waals surface area contributed by atoms with Gasteiger partial charge in [-0.2, -0.15) is 0 Å². The lowest BCUT2D eigenvalue weighted by Crippen LogP contribution is -2.27. The van der Waals surface area contributed by atoms with Crippen LogP contribution in [0.3, 0.4) is 0 Å². The summed E-state index contributed by atoms with van der Waals surface area (Å²) in [6.45, 7) is 1.39. The van der Waals surface area contributed by atoms with Gasteiger partial charge >= 0.3 is 5.97 Å². The van der Waals surface area contributed by atoms with E-state index in [9.17, 15) is 18.0 Å². The third-order valence-electron chi connectivity index (χ3n) is 3.55. The standard InChI is InChI=1S/C19H21ClN2O6S/c1-14(23)22-15-6-8-16(9-7-15)29(25,26)21-11-10-19(24)28-13-12-27-18-5-3-2-4-17(18)20/h2-9,21H,10-13H2,1H3,(H,22,23). The van der Waals surface area contributed by atoms with Crippen molar-refractivity contribution in [3.63, 3.8) is 0 Å². The number of carbonyl (C=O) groups excluding carboxylic acids is 2. The van der Waals surface area contributed by atoms with Crippen molar-refractivity contribution >= 4 is 39.2 Å². The van der Waals surface area contributed by atoms with Crippen molar-refractivity contribution in [3.8, 4) is 5.75 Å². The zero-order chi connectivity index (χ0) is 21.3. The number of carbonyl (C=O) groups is 2. The van der Waals surface area contributed by atoms with Crippen LogP contribution >= 0.6 is 11.6 Å². The molecule has 156 valence electrons. The summed E-state index contributed by atoms with van der Waals surface area (Å²) < 4.78 is 37.1. The first-order chi connectivity index (χ1) is 13.8. The van der Waals surface area contributed by atoms with Gasteiger partial charge in [0.2, 0.25) is 15.9 Å². The van der Waals surface area contributed by atoms with E-state index >= 15 is 0 Å². The van der Waals surface area contributed by atoms with E-state index < -0.39 is 16.0 Å². The summed E-state index contributed by atoms with van der Waals surface area (Å²) >= 11 is 5.94. The van der Waals surface area contributed by atoms with Gasteiger partial charge in [-0.3, -0.25) is 9.59 Å². The highest BCUT2D eigenvalue weighted by atomic mass is 35.5. The minimum Gasteiger partial charge on any atom is -0.488 e. The quantitative estimate of drug-likeness (QED) is 0.434. The van der Waals surface area contributed by atoms with Crippen molar-refractivity contribution in [2.75, 3.05) is 25.1 Å². The monoisotopic (exact) mass is 440 g/mol. The molecule has 2 rings (SSSR count). The Morgan fingerprint density at radius 3 is 2.38 bits per heavy atom. The van der Waals surface area contributed by atoms with Crippen molar-refractivity contribution in [2.24, 2.45) is 0 Å². The molecule has 0 aromatic heterocycles. The van der Waals surface area contributed by atoms with Crippen molar-refractivity contribution < 1.29 is 27.5 Å². The second-order valence-corrected chi connectivity index (χ2v) is 8.03. The van der Waals surface area contributed by atoms with Crippen LogP contribution in [0.25, 0.3) is 0 Å². The third-order valence-corrected chi connectivity index (χ3v) is 5.34. The van der Waals surface area contributed by atoms with Gasteiger partial charge in [-0.05, 0) is 36.4 Å². The van der Waals surface area contributed by atoms with Gasteiger partial charge in [-0.25, -0.2) is 13.1 Å². The van der Waals surface area contributed by atoms with Gasteiger partial charge in [0, 0.05) is 19.2 Å². The third kappa shape index (κ3) is 7.72. The molecule has 0 unspecified atom stereocenters. The van der Waals surface area contributed by atoms with E-state index in [4.69, 9.17) is 21.1 Å². The molecule has 0 spiro atoms. The minimum atomic E-state index is -3.78. The largest absolute Gasteiger partial charge is 0.488 e. The molecular weight excluding hydrogens is 420 g/mol. The Balaban J connectivity index is 1.70. The van der Waals surface area contributed by atoms with Crippen LogP contribution in [0, 0.1) is 0 Å². The summed E-state index contributed by atoms with van der Waals surface area (Å²) in [5.41, 5.74) is 0.485. The zero-order valence-corrected chi connectivity index (χ0v) is 17.3. The van der Waals surface area contributed by atoms with Crippen molar-refractivity contribution in [1.82, 2.24) is 4.72 Å². The van der Waals surface area contributed by atoms with E-state index in [0.717, 1.165) is 0 Å². The summed E-state index contributed by atoms with van der Waals surface area (Å²) in [4.78, 5) is 22.7. The number of sulfonamides is 1. The highest BCUT2D eigenvalue weighted by Gasteiger charge is 2.14. The number of esters is 1. The lowest BCUT2D eigenvalue weighted by molar-refractivity contribution is -0.144. The van der Waals surface area contributed by atoms with Gasteiger partial charge in [-0.1, -0.05) is 23.7 Å². The van der Waals surface area contributed by atoms with Crippen LogP contribution in [0.4, 0.5) is 5.69 Å². The number of para-hydroxylation sites is 1. The number of nitrogens with one attached hydrogen (secondary N) is 2. The van der Waals surface area contributed by atoms with Gasteiger partial charge in [0.05, 0.1) is 16.3 Å². The molecule has 0 bridgehead atoms. The minimum absolute atomic E-state index is 0.0153. The number of anilines is 1. The Morgan fingerprint density at radius 2 is 1.72 bits per heavy atom. The zero-order valence-electron chi connectivity index (χ0n) is 15.7. The molecule has 0 atom stereocenters. The van der Waals surface area contributed by atoms with Crippen LogP contribution in [0.15, 0.2) is 53.4 Å². The molecule has 0 fully saturated rings. The number of ether oxygens (including phenoxy) is 2. The van der Waals surface area contributed by atoms with E-state index in [1.165, 1.54) is 31.2 Å². The molecule has 1 amide bonds. The smallest absolute Gasteiger partial charge is 0.307 e.